The molecule has 1 N–H and O–H groups in total. The summed E-state index contributed by atoms with van der Waals surface area (Å²) in [7, 11) is 1.85. The number of carbonyl (C=O) groups excluding carboxylic acids is 1. The van der Waals surface area contributed by atoms with Gasteiger partial charge in [0.05, 0.1) is 0 Å². The van der Waals surface area contributed by atoms with Gasteiger partial charge in [0.15, 0.2) is 5.69 Å². The second-order valence-corrected chi connectivity index (χ2v) is 4.87. The molecular weight excluding hydrogens is 240 g/mol. The second kappa shape index (κ2) is 5.22. The van der Waals surface area contributed by atoms with E-state index in [1.807, 2.05) is 26.1 Å². The van der Waals surface area contributed by atoms with E-state index in [1.54, 1.807) is 16.9 Å². The fourth-order valence-electron chi connectivity index (χ4n) is 1.95. The first kappa shape index (κ1) is 13.3. The van der Waals surface area contributed by atoms with Crippen LogP contribution in [0.2, 0.25) is 0 Å². The molecule has 2 aromatic heterocycles. The average Bonchev–Trinajstić information content (AvgIpc) is 2.71. The molecule has 0 saturated heterocycles. The Balaban J connectivity index is 2.18. The predicted molar refractivity (Wildman–Crippen MR) is 74.2 cm³/mol. The number of hydrogen-bond donors (Lipinski definition) is 1. The number of pyridine rings is 1. The third-order valence-corrected chi connectivity index (χ3v) is 2.89. The van der Waals surface area contributed by atoms with Gasteiger partial charge in [-0.2, -0.15) is 5.10 Å². The number of aromatic nitrogens is 3. The molecule has 0 bridgehead atoms. The van der Waals surface area contributed by atoms with Gasteiger partial charge in [-0.15, -0.1) is 0 Å². The van der Waals surface area contributed by atoms with Crippen molar-refractivity contribution < 1.29 is 4.79 Å². The first-order valence-electron chi connectivity index (χ1n) is 6.25. The van der Waals surface area contributed by atoms with Crippen LogP contribution < -0.4 is 5.32 Å². The Labute approximate surface area is 112 Å². The highest BCUT2D eigenvalue weighted by Crippen LogP contribution is 2.16. The molecule has 0 fully saturated rings. The minimum atomic E-state index is -0.201. The molecule has 0 saturated carbocycles. The van der Waals surface area contributed by atoms with Crippen LogP contribution in [0, 0.1) is 6.92 Å². The number of aryl methyl sites for hydroxylation is 2. The van der Waals surface area contributed by atoms with Crippen molar-refractivity contribution in [3.05, 3.63) is 41.5 Å². The van der Waals surface area contributed by atoms with E-state index in [0.717, 1.165) is 17.1 Å². The van der Waals surface area contributed by atoms with Gasteiger partial charge < -0.3 is 5.32 Å². The fraction of sp³-hybridized carbons (Fsp3) is 0.357. The SMILES string of the molecule is Cc1cc(NC(=O)c2cc(C(C)C)n(C)n2)ccn1. The fourth-order valence-corrected chi connectivity index (χ4v) is 1.95. The van der Waals surface area contributed by atoms with Crippen LogP contribution in [0.3, 0.4) is 0 Å². The molecule has 2 heterocycles. The van der Waals surface area contributed by atoms with Crippen molar-refractivity contribution >= 4 is 11.6 Å². The van der Waals surface area contributed by atoms with Crippen LogP contribution in [0.25, 0.3) is 0 Å². The van der Waals surface area contributed by atoms with Crippen LogP contribution in [0.4, 0.5) is 5.69 Å². The number of nitrogens with zero attached hydrogens (tertiary/aromatic N) is 3. The largest absolute Gasteiger partial charge is 0.320 e. The van der Waals surface area contributed by atoms with Crippen LogP contribution in [-0.4, -0.2) is 20.7 Å². The lowest BCUT2D eigenvalue weighted by atomic mass is 10.1. The van der Waals surface area contributed by atoms with Gasteiger partial charge in [-0.05, 0) is 31.0 Å². The molecule has 0 aliphatic rings. The summed E-state index contributed by atoms with van der Waals surface area (Å²) in [5.74, 6) is 0.135. The first-order valence-corrected chi connectivity index (χ1v) is 6.25. The predicted octanol–water partition coefficient (Wildman–Crippen LogP) is 2.50. The lowest BCUT2D eigenvalue weighted by molar-refractivity contribution is 0.102. The van der Waals surface area contributed by atoms with Crippen LogP contribution in [0.15, 0.2) is 24.4 Å². The first-order chi connectivity index (χ1) is 8.97. The summed E-state index contributed by atoms with van der Waals surface area (Å²) < 4.78 is 1.75. The molecular formula is C14H18N4O. The summed E-state index contributed by atoms with van der Waals surface area (Å²) in [6, 6.07) is 5.41. The zero-order valence-electron chi connectivity index (χ0n) is 11.6. The summed E-state index contributed by atoms with van der Waals surface area (Å²) in [6.45, 7) is 6.03. The minimum absolute atomic E-state index is 0.201. The molecule has 0 atom stereocenters. The molecule has 0 aliphatic carbocycles. The highest BCUT2D eigenvalue weighted by Gasteiger charge is 2.14. The van der Waals surface area contributed by atoms with Gasteiger partial charge >= 0.3 is 0 Å². The Morgan fingerprint density at radius 3 is 2.68 bits per heavy atom. The van der Waals surface area contributed by atoms with E-state index in [4.69, 9.17) is 0 Å². The van der Waals surface area contributed by atoms with Crippen LogP contribution in [0.1, 0.15) is 41.6 Å². The Hall–Kier alpha value is -2.17. The Kier molecular flexibility index (Phi) is 3.64. The van der Waals surface area contributed by atoms with E-state index in [2.05, 4.69) is 29.2 Å². The number of rotatable bonds is 3. The standard InChI is InChI=1S/C14H18N4O/c1-9(2)13-8-12(17-18(13)4)14(19)16-11-5-6-15-10(3)7-11/h5-9H,1-4H3,(H,15,16,19). The average molecular weight is 258 g/mol. The summed E-state index contributed by atoms with van der Waals surface area (Å²) in [4.78, 5) is 16.2. The highest BCUT2D eigenvalue weighted by atomic mass is 16.1. The summed E-state index contributed by atoms with van der Waals surface area (Å²) in [5, 5.41) is 7.06. The molecule has 5 heteroatoms. The van der Waals surface area contributed by atoms with Gasteiger partial charge in [-0.3, -0.25) is 14.5 Å². The molecule has 5 nitrogen and oxygen atoms in total. The third-order valence-electron chi connectivity index (χ3n) is 2.89. The number of anilines is 1. The van der Waals surface area contributed by atoms with Crippen LogP contribution >= 0.6 is 0 Å². The van der Waals surface area contributed by atoms with Crippen LogP contribution in [0.5, 0.6) is 0 Å². The molecule has 19 heavy (non-hydrogen) atoms. The zero-order valence-corrected chi connectivity index (χ0v) is 11.6. The third kappa shape index (κ3) is 2.99. The van der Waals surface area contributed by atoms with Gasteiger partial charge in [0.25, 0.3) is 5.91 Å². The highest BCUT2D eigenvalue weighted by molar-refractivity contribution is 6.02. The van der Waals surface area contributed by atoms with Gasteiger partial charge in [-0.1, -0.05) is 13.8 Å². The van der Waals surface area contributed by atoms with Crippen molar-refractivity contribution in [2.24, 2.45) is 7.05 Å². The Morgan fingerprint density at radius 2 is 2.11 bits per heavy atom. The monoisotopic (exact) mass is 258 g/mol. The maximum Gasteiger partial charge on any atom is 0.276 e. The maximum atomic E-state index is 12.1. The van der Waals surface area contributed by atoms with E-state index >= 15 is 0 Å². The van der Waals surface area contributed by atoms with E-state index in [0.29, 0.717) is 11.6 Å². The van der Waals surface area contributed by atoms with Crippen LogP contribution in [-0.2, 0) is 7.05 Å². The van der Waals surface area contributed by atoms with Crippen molar-refractivity contribution in [3.8, 4) is 0 Å². The summed E-state index contributed by atoms with van der Waals surface area (Å²) in [6.07, 6.45) is 1.67. The number of hydrogen-bond acceptors (Lipinski definition) is 3. The summed E-state index contributed by atoms with van der Waals surface area (Å²) >= 11 is 0. The van der Waals surface area contributed by atoms with E-state index in [1.165, 1.54) is 0 Å². The molecule has 0 spiro atoms. The van der Waals surface area contributed by atoms with Crippen molar-refractivity contribution in [2.75, 3.05) is 5.32 Å². The Bertz CT molecular complexity index is 601. The van der Waals surface area contributed by atoms with Crippen molar-refractivity contribution in [2.45, 2.75) is 26.7 Å². The second-order valence-electron chi connectivity index (χ2n) is 4.87. The van der Waals surface area contributed by atoms with Crippen molar-refractivity contribution in [3.63, 3.8) is 0 Å². The minimum Gasteiger partial charge on any atom is -0.320 e. The van der Waals surface area contributed by atoms with E-state index in [9.17, 15) is 4.79 Å². The molecule has 2 rings (SSSR count). The van der Waals surface area contributed by atoms with E-state index in [-0.39, 0.29) is 5.91 Å². The molecule has 2 aromatic rings. The van der Waals surface area contributed by atoms with Crippen molar-refractivity contribution in [1.29, 1.82) is 0 Å². The molecule has 0 aliphatic heterocycles. The molecule has 0 radical (unpaired) electrons. The van der Waals surface area contributed by atoms with E-state index < -0.39 is 0 Å². The lowest BCUT2D eigenvalue weighted by Crippen LogP contribution is -2.13. The molecule has 1 amide bonds. The number of amides is 1. The molecule has 0 unspecified atom stereocenters. The summed E-state index contributed by atoms with van der Waals surface area (Å²) in [5.41, 5.74) is 3.06. The van der Waals surface area contributed by atoms with Gasteiger partial charge in [0.2, 0.25) is 0 Å². The van der Waals surface area contributed by atoms with Gasteiger partial charge in [-0.25, -0.2) is 0 Å². The maximum absolute atomic E-state index is 12.1. The smallest absolute Gasteiger partial charge is 0.276 e. The van der Waals surface area contributed by atoms with Crippen molar-refractivity contribution in [1.82, 2.24) is 14.8 Å². The van der Waals surface area contributed by atoms with Gasteiger partial charge in [0.1, 0.15) is 0 Å². The number of carbonyl (C=O) groups is 1. The Morgan fingerprint density at radius 1 is 1.37 bits per heavy atom. The normalized spacial score (nSPS) is 10.8. The quantitative estimate of drug-likeness (QED) is 0.920. The topological polar surface area (TPSA) is 59.8 Å². The molecule has 0 aromatic carbocycles. The van der Waals surface area contributed by atoms with Gasteiger partial charge in [0, 0.05) is 30.3 Å². The zero-order chi connectivity index (χ0) is 14.0. The number of nitrogens with one attached hydrogen (secondary N) is 1. The lowest BCUT2D eigenvalue weighted by Gasteiger charge is -2.03. The molecule has 100 valence electrons.